The standard InChI is InChI=1S/C17H17N3OS/c21-17(7-6-14-8-9-22-13-14)18-10-15-11-19-20(12-15)16-4-2-1-3-5-16/h1-5,8-9,11-13H,6-7,10H2,(H,18,21). The van der Waals surface area contributed by atoms with Crippen LogP contribution in [0, 0.1) is 0 Å². The molecule has 0 fully saturated rings. The van der Waals surface area contributed by atoms with Crippen molar-refractivity contribution in [2.75, 3.05) is 0 Å². The van der Waals surface area contributed by atoms with Crippen LogP contribution >= 0.6 is 11.3 Å². The first kappa shape index (κ1) is 14.5. The summed E-state index contributed by atoms with van der Waals surface area (Å²) in [7, 11) is 0. The van der Waals surface area contributed by atoms with E-state index in [0.717, 1.165) is 17.7 Å². The van der Waals surface area contributed by atoms with Gasteiger partial charge in [-0.15, -0.1) is 0 Å². The minimum absolute atomic E-state index is 0.0682. The van der Waals surface area contributed by atoms with Crippen LogP contribution < -0.4 is 5.32 Å². The number of amides is 1. The summed E-state index contributed by atoms with van der Waals surface area (Å²) in [5.41, 5.74) is 3.22. The molecular weight excluding hydrogens is 294 g/mol. The van der Waals surface area contributed by atoms with E-state index in [1.165, 1.54) is 5.56 Å². The van der Waals surface area contributed by atoms with Crippen molar-refractivity contribution in [1.29, 1.82) is 0 Å². The number of benzene rings is 1. The third kappa shape index (κ3) is 3.83. The molecule has 5 heteroatoms. The Morgan fingerprint density at radius 2 is 2.05 bits per heavy atom. The number of carbonyl (C=O) groups is 1. The van der Waals surface area contributed by atoms with Crippen LogP contribution in [-0.4, -0.2) is 15.7 Å². The van der Waals surface area contributed by atoms with E-state index in [2.05, 4.69) is 21.9 Å². The van der Waals surface area contributed by atoms with E-state index in [9.17, 15) is 4.79 Å². The summed E-state index contributed by atoms with van der Waals surface area (Å²) in [5.74, 6) is 0.0682. The summed E-state index contributed by atoms with van der Waals surface area (Å²) in [6.07, 6.45) is 5.03. The second-order valence-corrected chi connectivity index (χ2v) is 5.82. The molecule has 1 amide bonds. The second kappa shape index (κ2) is 7.04. The van der Waals surface area contributed by atoms with E-state index >= 15 is 0 Å². The zero-order chi connectivity index (χ0) is 15.2. The van der Waals surface area contributed by atoms with E-state index in [0.29, 0.717) is 13.0 Å². The van der Waals surface area contributed by atoms with Gasteiger partial charge in [0.05, 0.1) is 11.9 Å². The molecule has 0 unspecified atom stereocenters. The van der Waals surface area contributed by atoms with Crippen molar-refractivity contribution in [1.82, 2.24) is 15.1 Å². The van der Waals surface area contributed by atoms with Crippen molar-refractivity contribution < 1.29 is 4.79 Å². The van der Waals surface area contributed by atoms with Crippen LogP contribution in [0.15, 0.2) is 59.6 Å². The lowest BCUT2D eigenvalue weighted by molar-refractivity contribution is -0.121. The lowest BCUT2D eigenvalue weighted by Gasteiger charge is -2.03. The quantitative estimate of drug-likeness (QED) is 0.760. The van der Waals surface area contributed by atoms with Gasteiger partial charge in [-0.1, -0.05) is 18.2 Å². The summed E-state index contributed by atoms with van der Waals surface area (Å²) in [4.78, 5) is 11.9. The molecule has 2 aromatic heterocycles. The van der Waals surface area contributed by atoms with Gasteiger partial charge in [0, 0.05) is 24.7 Å². The maximum atomic E-state index is 11.9. The van der Waals surface area contributed by atoms with Gasteiger partial charge in [-0.2, -0.15) is 16.4 Å². The highest BCUT2D eigenvalue weighted by atomic mass is 32.1. The number of hydrogen-bond donors (Lipinski definition) is 1. The van der Waals surface area contributed by atoms with Gasteiger partial charge in [-0.25, -0.2) is 4.68 Å². The van der Waals surface area contributed by atoms with Gasteiger partial charge < -0.3 is 5.32 Å². The minimum atomic E-state index is 0.0682. The van der Waals surface area contributed by atoms with Gasteiger partial charge in [0.25, 0.3) is 0 Å². The average molecular weight is 311 g/mol. The first-order valence-corrected chi connectivity index (χ1v) is 8.12. The molecule has 1 N–H and O–H groups in total. The normalized spacial score (nSPS) is 10.5. The molecule has 1 aromatic carbocycles. The first-order chi connectivity index (χ1) is 10.8. The molecular formula is C17H17N3OS. The molecule has 3 aromatic rings. The van der Waals surface area contributed by atoms with Crippen LogP contribution in [0.25, 0.3) is 5.69 Å². The third-order valence-corrected chi connectivity index (χ3v) is 4.10. The van der Waals surface area contributed by atoms with E-state index in [1.54, 1.807) is 17.5 Å². The number of rotatable bonds is 6. The molecule has 2 heterocycles. The predicted molar refractivity (Wildman–Crippen MR) is 88.1 cm³/mol. The Balaban J connectivity index is 1.49. The Hall–Kier alpha value is -2.40. The number of para-hydroxylation sites is 1. The van der Waals surface area contributed by atoms with Crippen molar-refractivity contribution in [3.05, 3.63) is 70.7 Å². The van der Waals surface area contributed by atoms with Crippen LogP contribution in [0.3, 0.4) is 0 Å². The summed E-state index contributed by atoms with van der Waals surface area (Å²) >= 11 is 1.66. The predicted octanol–water partition coefficient (Wildman–Crippen LogP) is 3.18. The van der Waals surface area contributed by atoms with Crippen molar-refractivity contribution in [2.45, 2.75) is 19.4 Å². The zero-order valence-electron chi connectivity index (χ0n) is 12.1. The smallest absolute Gasteiger partial charge is 0.220 e. The van der Waals surface area contributed by atoms with Crippen LogP contribution in [0.2, 0.25) is 0 Å². The summed E-state index contributed by atoms with van der Waals surface area (Å²) in [6, 6.07) is 12.0. The summed E-state index contributed by atoms with van der Waals surface area (Å²) in [6.45, 7) is 0.509. The number of nitrogens with one attached hydrogen (secondary N) is 1. The number of hydrogen-bond acceptors (Lipinski definition) is 3. The average Bonchev–Trinajstić information content (AvgIpc) is 3.23. The fraction of sp³-hybridized carbons (Fsp3) is 0.176. The molecule has 22 heavy (non-hydrogen) atoms. The van der Waals surface area contributed by atoms with Gasteiger partial charge in [0.2, 0.25) is 5.91 Å². The van der Waals surface area contributed by atoms with Gasteiger partial charge in [-0.05, 0) is 40.9 Å². The second-order valence-electron chi connectivity index (χ2n) is 5.04. The minimum Gasteiger partial charge on any atom is -0.352 e. The van der Waals surface area contributed by atoms with Gasteiger partial charge >= 0.3 is 0 Å². The number of aromatic nitrogens is 2. The number of nitrogens with zero attached hydrogens (tertiary/aromatic N) is 2. The molecule has 0 spiro atoms. The monoisotopic (exact) mass is 311 g/mol. The first-order valence-electron chi connectivity index (χ1n) is 7.18. The molecule has 0 atom stereocenters. The summed E-state index contributed by atoms with van der Waals surface area (Å²) < 4.78 is 1.81. The van der Waals surface area contributed by atoms with Crippen LogP contribution in [0.1, 0.15) is 17.5 Å². The van der Waals surface area contributed by atoms with E-state index in [4.69, 9.17) is 0 Å². The molecule has 0 bridgehead atoms. The van der Waals surface area contributed by atoms with E-state index < -0.39 is 0 Å². The lowest BCUT2D eigenvalue weighted by atomic mass is 10.2. The Kier molecular flexibility index (Phi) is 4.65. The van der Waals surface area contributed by atoms with Crippen molar-refractivity contribution in [3.8, 4) is 5.69 Å². The van der Waals surface area contributed by atoms with Gasteiger partial charge in [0.15, 0.2) is 0 Å². The van der Waals surface area contributed by atoms with Crippen LogP contribution in [0.5, 0.6) is 0 Å². The maximum absolute atomic E-state index is 11.9. The van der Waals surface area contributed by atoms with Crippen molar-refractivity contribution in [3.63, 3.8) is 0 Å². The Morgan fingerprint density at radius 1 is 1.18 bits per heavy atom. The van der Waals surface area contributed by atoms with E-state index in [1.807, 2.05) is 46.6 Å². The van der Waals surface area contributed by atoms with E-state index in [-0.39, 0.29) is 5.91 Å². The Labute approximate surface area is 133 Å². The number of thiophene rings is 1. The Bertz CT molecular complexity index is 719. The molecule has 0 radical (unpaired) electrons. The third-order valence-electron chi connectivity index (χ3n) is 3.37. The molecule has 0 saturated carbocycles. The lowest BCUT2D eigenvalue weighted by Crippen LogP contribution is -2.22. The molecule has 112 valence electrons. The molecule has 4 nitrogen and oxygen atoms in total. The molecule has 0 aliphatic carbocycles. The maximum Gasteiger partial charge on any atom is 0.220 e. The Morgan fingerprint density at radius 3 is 2.82 bits per heavy atom. The van der Waals surface area contributed by atoms with Crippen LogP contribution in [0.4, 0.5) is 0 Å². The van der Waals surface area contributed by atoms with Gasteiger partial charge in [-0.3, -0.25) is 4.79 Å². The summed E-state index contributed by atoms with van der Waals surface area (Å²) in [5, 5.41) is 11.4. The number of carbonyl (C=O) groups excluding carboxylic acids is 1. The zero-order valence-corrected chi connectivity index (χ0v) is 12.9. The molecule has 3 rings (SSSR count). The fourth-order valence-corrected chi connectivity index (χ4v) is 2.86. The SMILES string of the molecule is O=C(CCc1ccsc1)NCc1cnn(-c2ccccc2)c1. The topological polar surface area (TPSA) is 46.9 Å². The molecule has 0 aliphatic rings. The van der Waals surface area contributed by atoms with Gasteiger partial charge in [0.1, 0.15) is 0 Å². The molecule has 0 aliphatic heterocycles. The van der Waals surface area contributed by atoms with Crippen LogP contribution in [-0.2, 0) is 17.8 Å². The fourth-order valence-electron chi connectivity index (χ4n) is 2.16. The largest absolute Gasteiger partial charge is 0.352 e. The highest BCUT2D eigenvalue weighted by Gasteiger charge is 2.05. The highest BCUT2D eigenvalue weighted by Crippen LogP contribution is 2.09. The molecule has 0 saturated heterocycles. The van der Waals surface area contributed by atoms with Crippen molar-refractivity contribution in [2.24, 2.45) is 0 Å². The number of aryl methyl sites for hydroxylation is 1. The highest BCUT2D eigenvalue weighted by molar-refractivity contribution is 7.07. The van der Waals surface area contributed by atoms with Crippen molar-refractivity contribution >= 4 is 17.2 Å².